The summed E-state index contributed by atoms with van der Waals surface area (Å²) in [6, 6.07) is 12.6. The van der Waals surface area contributed by atoms with Gasteiger partial charge in [0.25, 0.3) is 11.8 Å². The number of anilines is 1. The maximum atomic E-state index is 12.2. The van der Waals surface area contributed by atoms with E-state index in [-0.39, 0.29) is 18.4 Å². The Morgan fingerprint density at radius 3 is 2.42 bits per heavy atom. The molecule has 0 heterocycles. The van der Waals surface area contributed by atoms with E-state index in [4.69, 9.17) is 9.47 Å². The number of carbonyl (C=O) groups excluding carboxylic acids is 2. The Morgan fingerprint density at radius 1 is 1.04 bits per heavy atom. The molecule has 138 valence electrons. The van der Waals surface area contributed by atoms with Gasteiger partial charge >= 0.3 is 0 Å². The predicted octanol–water partition coefficient (Wildman–Crippen LogP) is 2.70. The largest absolute Gasteiger partial charge is 0.484 e. The van der Waals surface area contributed by atoms with Gasteiger partial charge in [0.2, 0.25) is 0 Å². The van der Waals surface area contributed by atoms with Crippen LogP contribution in [0.15, 0.2) is 42.5 Å². The molecule has 2 amide bonds. The van der Waals surface area contributed by atoms with Crippen LogP contribution in [0.5, 0.6) is 5.75 Å². The zero-order valence-electron chi connectivity index (χ0n) is 15.3. The van der Waals surface area contributed by atoms with Crippen LogP contribution in [0.2, 0.25) is 0 Å². The van der Waals surface area contributed by atoms with Crippen LogP contribution < -0.4 is 15.4 Å². The summed E-state index contributed by atoms with van der Waals surface area (Å²) in [5, 5.41) is 5.46. The van der Waals surface area contributed by atoms with Crippen LogP contribution in [0.25, 0.3) is 0 Å². The van der Waals surface area contributed by atoms with E-state index >= 15 is 0 Å². The summed E-state index contributed by atoms with van der Waals surface area (Å²) in [5.41, 5.74) is 2.97. The Labute approximate surface area is 153 Å². The number of aryl methyl sites for hydroxylation is 2. The number of carbonyl (C=O) groups is 2. The zero-order chi connectivity index (χ0) is 18.9. The Bertz CT molecular complexity index is 754. The molecule has 0 aliphatic heterocycles. The predicted molar refractivity (Wildman–Crippen MR) is 101 cm³/mol. The number of hydrogen-bond acceptors (Lipinski definition) is 4. The molecule has 6 heteroatoms. The van der Waals surface area contributed by atoms with E-state index in [1.54, 1.807) is 31.4 Å². The Balaban J connectivity index is 1.97. The Hall–Kier alpha value is -2.86. The van der Waals surface area contributed by atoms with Gasteiger partial charge in [-0.2, -0.15) is 0 Å². The van der Waals surface area contributed by atoms with Gasteiger partial charge in [-0.25, -0.2) is 0 Å². The summed E-state index contributed by atoms with van der Waals surface area (Å²) in [6.45, 7) is 4.62. The highest BCUT2D eigenvalue weighted by Crippen LogP contribution is 2.17. The third-order valence-electron chi connectivity index (χ3n) is 3.60. The molecule has 0 fully saturated rings. The molecule has 6 nitrogen and oxygen atoms in total. The molecule has 2 aromatic carbocycles. The number of amides is 2. The van der Waals surface area contributed by atoms with Crippen molar-refractivity contribution in [3.8, 4) is 5.75 Å². The van der Waals surface area contributed by atoms with Crippen molar-refractivity contribution in [1.82, 2.24) is 5.32 Å². The molecule has 0 spiro atoms. The summed E-state index contributed by atoms with van der Waals surface area (Å²) >= 11 is 0. The van der Waals surface area contributed by atoms with Gasteiger partial charge in [-0.1, -0.05) is 18.2 Å². The van der Waals surface area contributed by atoms with Gasteiger partial charge < -0.3 is 20.1 Å². The number of nitrogens with one attached hydrogen (secondary N) is 2. The van der Waals surface area contributed by atoms with Gasteiger partial charge in [0.1, 0.15) is 5.75 Å². The summed E-state index contributed by atoms with van der Waals surface area (Å²) in [4.78, 5) is 24.4. The van der Waals surface area contributed by atoms with E-state index in [1.807, 2.05) is 32.0 Å². The lowest BCUT2D eigenvalue weighted by Crippen LogP contribution is -2.28. The molecule has 0 radical (unpaired) electrons. The molecule has 0 saturated heterocycles. The first-order valence-corrected chi connectivity index (χ1v) is 8.36. The molecule has 0 unspecified atom stereocenters. The van der Waals surface area contributed by atoms with Gasteiger partial charge in [-0.15, -0.1) is 0 Å². The summed E-state index contributed by atoms with van der Waals surface area (Å²) in [5.74, 6) is 0.0396. The van der Waals surface area contributed by atoms with Crippen molar-refractivity contribution < 1.29 is 19.1 Å². The SMILES string of the molecule is COCCNC(=O)c1ccccc1NC(=O)COc1cc(C)cc(C)c1. The maximum absolute atomic E-state index is 12.2. The Morgan fingerprint density at radius 2 is 1.73 bits per heavy atom. The maximum Gasteiger partial charge on any atom is 0.262 e. The number of rotatable bonds is 8. The molecule has 0 aliphatic carbocycles. The third-order valence-corrected chi connectivity index (χ3v) is 3.60. The van der Waals surface area contributed by atoms with Crippen LogP contribution >= 0.6 is 0 Å². The number of para-hydroxylation sites is 1. The summed E-state index contributed by atoms with van der Waals surface area (Å²) < 4.78 is 10.5. The number of benzene rings is 2. The minimum absolute atomic E-state index is 0.136. The van der Waals surface area contributed by atoms with Gasteiger partial charge in [-0.05, 0) is 49.2 Å². The highest BCUT2D eigenvalue weighted by Gasteiger charge is 2.13. The van der Waals surface area contributed by atoms with Crippen molar-refractivity contribution >= 4 is 17.5 Å². The number of hydrogen-bond donors (Lipinski definition) is 2. The topological polar surface area (TPSA) is 76.7 Å². The minimum Gasteiger partial charge on any atom is -0.484 e. The van der Waals surface area contributed by atoms with E-state index in [9.17, 15) is 9.59 Å². The second-order valence-corrected chi connectivity index (χ2v) is 5.95. The van der Waals surface area contributed by atoms with Gasteiger partial charge in [0.05, 0.1) is 17.9 Å². The molecule has 2 N–H and O–H groups in total. The van der Waals surface area contributed by atoms with E-state index in [0.717, 1.165) is 11.1 Å². The lowest BCUT2D eigenvalue weighted by molar-refractivity contribution is -0.118. The van der Waals surface area contributed by atoms with E-state index < -0.39 is 0 Å². The average molecular weight is 356 g/mol. The normalized spacial score (nSPS) is 10.3. The first-order valence-electron chi connectivity index (χ1n) is 8.36. The zero-order valence-corrected chi connectivity index (χ0v) is 15.3. The van der Waals surface area contributed by atoms with Crippen LogP contribution in [0.4, 0.5) is 5.69 Å². The van der Waals surface area contributed by atoms with E-state index in [0.29, 0.717) is 30.2 Å². The third kappa shape index (κ3) is 5.89. The van der Waals surface area contributed by atoms with Crippen molar-refractivity contribution in [2.75, 3.05) is 32.2 Å². The first-order chi connectivity index (χ1) is 12.5. The van der Waals surface area contributed by atoms with Crippen LogP contribution in [0, 0.1) is 13.8 Å². The number of ether oxygens (including phenoxy) is 2. The van der Waals surface area contributed by atoms with Crippen molar-refractivity contribution in [3.63, 3.8) is 0 Å². The van der Waals surface area contributed by atoms with Crippen LogP contribution in [0.3, 0.4) is 0 Å². The molecule has 0 aliphatic rings. The van der Waals surface area contributed by atoms with Gasteiger partial charge in [0.15, 0.2) is 6.61 Å². The highest BCUT2D eigenvalue weighted by atomic mass is 16.5. The summed E-state index contributed by atoms with van der Waals surface area (Å²) in [6.07, 6.45) is 0. The smallest absolute Gasteiger partial charge is 0.262 e. The lowest BCUT2D eigenvalue weighted by atomic mass is 10.1. The van der Waals surface area contributed by atoms with Crippen molar-refractivity contribution in [3.05, 3.63) is 59.2 Å². The number of methoxy groups -OCH3 is 1. The van der Waals surface area contributed by atoms with Crippen LogP contribution in [-0.2, 0) is 9.53 Å². The molecular weight excluding hydrogens is 332 g/mol. The van der Waals surface area contributed by atoms with Crippen LogP contribution in [0.1, 0.15) is 21.5 Å². The fourth-order valence-corrected chi connectivity index (χ4v) is 2.50. The fourth-order valence-electron chi connectivity index (χ4n) is 2.50. The standard InChI is InChI=1S/C20H24N2O4/c1-14-10-15(2)12-16(11-14)26-13-19(23)22-18-7-5-4-6-17(18)20(24)21-8-9-25-3/h4-7,10-12H,8-9,13H2,1-3H3,(H,21,24)(H,22,23). The molecule has 2 aromatic rings. The van der Waals surface area contributed by atoms with Crippen molar-refractivity contribution in [1.29, 1.82) is 0 Å². The van der Waals surface area contributed by atoms with E-state index in [1.165, 1.54) is 0 Å². The van der Waals surface area contributed by atoms with Crippen molar-refractivity contribution in [2.24, 2.45) is 0 Å². The van der Waals surface area contributed by atoms with E-state index in [2.05, 4.69) is 10.6 Å². The second kappa shape index (κ2) is 9.58. The molecule has 0 bridgehead atoms. The lowest BCUT2D eigenvalue weighted by Gasteiger charge is -2.12. The fraction of sp³-hybridized carbons (Fsp3) is 0.300. The van der Waals surface area contributed by atoms with Crippen molar-refractivity contribution in [2.45, 2.75) is 13.8 Å². The second-order valence-electron chi connectivity index (χ2n) is 5.95. The molecule has 0 atom stereocenters. The quantitative estimate of drug-likeness (QED) is 0.713. The molecule has 26 heavy (non-hydrogen) atoms. The minimum atomic E-state index is -0.332. The molecule has 0 saturated carbocycles. The summed E-state index contributed by atoms with van der Waals surface area (Å²) in [7, 11) is 1.57. The van der Waals surface area contributed by atoms with Gasteiger partial charge in [-0.3, -0.25) is 9.59 Å². The monoisotopic (exact) mass is 356 g/mol. The van der Waals surface area contributed by atoms with Gasteiger partial charge in [0, 0.05) is 13.7 Å². The average Bonchev–Trinajstić information content (AvgIpc) is 2.60. The Kier molecular flexibility index (Phi) is 7.17. The van der Waals surface area contributed by atoms with Crippen LogP contribution in [-0.4, -0.2) is 38.7 Å². The highest BCUT2D eigenvalue weighted by molar-refractivity contribution is 6.04. The molecule has 0 aromatic heterocycles. The molecule has 2 rings (SSSR count). The first kappa shape index (κ1) is 19.5. The molecular formula is C20H24N2O4.